The molecule has 0 N–H and O–H groups in total. The smallest absolute Gasteiger partial charge is 0.200 e. The van der Waals surface area contributed by atoms with E-state index in [0.717, 1.165) is 60.6 Å². The van der Waals surface area contributed by atoms with Crippen LogP contribution in [0.3, 0.4) is 0 Å². The average molecular weight is 529 g/mol. The molecule has 5 aromatic carbocycles. The molecular weight excluding hydrogens is 508 g/mol. The highest BCUT2D eigenvalue weighted by Gasteiger charge is 2.19. The van der Waals surface area contributed by atoms with Crippen molar-refractivity contribution in [3.8, 4) is 16.8 Å². The summed E-state index contributed by atoms with van der Waals surface area (Å²) in [4.78, 5) is 17.8. The fourth-order valence-corrected chi connectivity index (χ4v) is 6.25. The summed E-state index contributed by atoms with van der Waals surface area (Å²) in [5.74, 6) is 0. The van der Waals surface area contributed by atoms with E-state index in [1.54, 1.807) is 0 Å². The molecule has 0 saturated heterocycles. The highest BCUT2D eigenvalue weighted by Crippen LogP contribution is 2.41. The van der Waals surface area contributed by atoms with E-state index < -0.39 is 0 Å². The van der Waals surface area contributed by atoms with E-state index in [2.05, 4.69) is 58.1 Å². The van der Waals surface area contributed by atoms with Crippen LogP contribution in [0.15, 0.2) is 135 Å². The Bertz CT molecular complexity index is 2570. The van der Waals surface area contributed by atoms with Gasteiger partial charge < -0.3 is 13.4 Å². The Morgan fingerprint density at radius 2 is 1.27 bits per heavy atom. The second kappa shape index (κ2) is 8.16. The molecule has 0 aliphatic heterocycles. The maximum atomic E-state index is 13.3. The van der Waals surface area contributed by atoms with Crippen molar-refractivity contribution in [3.63, 3.8) is 0 Å². The first kappa shape index (κ1) is 22.2. The molecule has 0 atom stereocenters. The van der Waals surface area contributed by atoms with Gasteiger partial charge in [0, 0.05) is 39.6 Å². The number of benzene rings is 5. The Morgan fingerprint density at radius 1 is 0.537 bits per heavy atom. The van der Waals surface area contributed by atoms with Crippen LogP contribution >= 0.6 is 0 Å². The SMILES string of the molecule is O=c1c2ccccc2oc2ccc(-c3cccc(-n4c5ccncc5c5c6c(ccc54)oc4ccccc46)c3)cc12. The third-order valence-corrected chi connectivity index (χ3v) is 8.08. The number of rotatable bonds is 2. The molecule has 0 radical (unpaired) electrons. The van der Waals surface area contributed by atoms with E-state index in [1.165, 1.54) is 0 Å². The third-order valence-electron chi connectivity index (χ3n) is 8.08. The molecule has 0 bridgehead atoms. The van der Waals surface area contributed by atoms with Gasteiger partial charge in [0.15, 0.2) is 0 Å². The fourth-order valence-electron chi connectivity index (χ4n) is 6.25. The molecule has 0 fully saturated rings. The van der Waals surface area contributed by atoms with Crippen molar-refractivity contribution in [3.05, 3.63) is 132 Å². The van der Waals surface area contributed by atoms with Gasteiger partial charge in [-0.05, 0) is 71.8 Å². The highest BCUT2D eigenvalue weighted by molar-refractivity contribution is 6.27. The second-order valence-corrected chi connectivity index (χ2v) is 10.3. The van der Waals surface area contributed by atoms with Gasteiger partial charge in [-0.3, -0.25) is 9.78 Å². The predicted octanol–water partition coefficient (Wildman–Crippen LogP) is 9.00. The number of fused-ring (bicyclic) bond motifs is 9. The highest BCUT2D eigenvalue weighted by atomic mass is 16.3. The quantitative estimate of drug-likeness (QED) is 0.210. The summed E-state index contributed by atoms with van der Waals surface area (Å²) in [5, 5.41) is 5.54. The standard InChI is InChI=1S/C36H20N2O3/c39-36-25-9-2-4-11-31(25)40-32-14-12-22(19-26(32)36)21-6-5-7-23(18-21)38-28-16-17-37-20-27(28)34-29(38)13-15-33-35(34)24-8-1-3-10-30(24)41-33/h1-20H. The minimum absolute atomic E-state index is 0.0221. The van der Waals surface area contributed by atoms with Crippen molar-refractivity contribution in [2.24, 2.45) is 0 Å². The lowest BCUT2D eigenvalue weighted by Gasteiger charge is -2.11. The molecule has 0 unspecified atom stereocenters. The molecule has 9 aromatic rings. The van der Waals surface area contributed by atoms with E-state index in [0.29, 0.717) is 21.9 Å². The lowest BCUT2D eigenvalue weighted by atomic mass is 10.0. The molecule has 5 nitrogen and oxygen atoms in total. The molecule has 0 amide bonds. The largest absolute Gasteiger partial charge is 0.456 e. The fraction of sp³-hybridized carbons (Fsp3) is 0. The van der Waals surface area contributed by atoms with Gasteiger partial charge in [-0.15, -0.1) is 0 Å². The summed E-state index contributed by atoms with van der Waals surface area (Å²) in [6.45, 7) is 0. The monoisotopic (exact) mass is 528 g/mol. The Kier molecular flexibility index (Phi) is 4.41. The minimum atomic E-state index is -0.0221. The van der Waals surface area contributed by atoms with Crippen LogP contribution in [-0.2, 0) is 0 Å². The van der Waals surface area contributed by atoms with Gasteiger partial charge in [-0.1, -0.05) is 48.5 Å². The van der Waals surface area contributed by atoms with Crippen LogP contribution in [0.4, 0.5) is 0 Å². The molecule has 9 rings (SSSR count). The number of para-hydroxylation sites is 2. The van der Waals surface area contributed by atoms with Crippen LogP contribution in [-0.4, -0.2) is 9.55 Å². The van der Waals surface area contributed by atoms with E-state index in [-0.39, 0.29) is 5.43 Å². The summed E-state index contributed by atoms with van der Waals surface area (Å²) >= 11 is 0. The van der Waals surface area contributed by atoms with Crippen LogP contribution in [0.1, 0.15) is 0 Å². The summed E-state index contributed by atoms with van der Waals surface area (Å²) in [6.07, 6.45) is 3.77. The minimum Gasteiger partial charge on any atom is -0.456 e. The molecular formula is C36H20N2O3. The van der Waals surface area contributed by atoms with Crippen LogP contribution in [0, 0.1) is 0 Å². The number of nitrogens with zero attached hydrogens (tertiary/aromatic N) is 2. The van der Waals surface area contributed by atoms with Crippen LogP contribution < -0.4 is 5.43 Å². The van der Waals surface area contributed by atoms with Crippen molar-refractivity contribution in [1.82, 2.24) is 9.55 Å². The molecule has 41 heavy (non-hydrogen) atoms. The lowest BCUT2D eigenvalue weighted by molar-refractivity contribution is 0.660. The van der Waals surface area contributed by atoms with Crippen molar-refractivity contribution in [2.75, 3.05) is 0 Å². The van der Waals surface area contributed by atoms with Crippen LogP contribution in [0.25, 0.3) is 82.5 Å². The summed E-state index contributed by atoms with van der Waals surface area (Å²) in [5.41, 5.74) is 8.01. The van der Waals surface area contributed by atoms with Crippen LogP contribution in [0.2, 0.25) is 0 Å². The van der Waals surface area contributed by atoms with E-state index in [1.807, 2.05) is 73.1 Å². The topological polar surface area (TPSA) is 61.2 Å². The van der Waals surface area contributed by atoms with Gasteiger partial charge in [-0.2, -0.15) is 0 Å². The second-order valence-electron chi connectivity index (χ2n) is 10.3. The number of pyridine rings is 1. The predicted molar refractivity (Wildman–Crippen MR) is 165 cm³/mol. The zero-order valence-corrected chi connectivity index (χ0v) is 21.7. The first-order valence-electron chi connectivity index (χ1n) is 13.5. The number of furan rings is 1. The maximum absolute atomic E-state index is 13.3. The van der Waals surface area contributed by atoms with E-state index in [9.17, 15) is 4.79 Å². The van der Waals surface area contributed by atoms with Gasteiger partial charge in [0.1, 0.15) is 22.3 Å². The van der Waals surface area contributed by atoms with Gasteiger partial charge in [0.05, 0.1) is 21.8 Å². The van der Waals surface area contributed by atoms with Crippen molar-refractivity contribution in [2.45, 2.75) is 0 Å². The Morgan fingerprint density at radius 3 is 2.17 bits per heavy atom. The molecule has 0 saturated carbocycles. The zero-order valence-electron chi connectivity index (χ0n) is 21.7. The lowest BCUT2D eigenvalue weighted by Crippen LogP contribution is -2.02. The number of hydrogen-bond acceptors (Lipinski definition) is 4. The van der Waals surface area contributed by atoms with Gasteiger partial charge in [0.2, 0.25) is 5.43 Å². The van der Waals surface area contributed by atoms with Crippen molar-refractivity contribution >= 4 is 65.7 Å². The molecule has 192 valence electrons. The first-order chi connectivity index (χ1) is 20.2. The van der Waals surface area contributed by atoms with Crippen LogP contribution in [0.5, 0.6) is 0 Å². The average Bonchev–Trinajstić information content (AvgIpc) is 3.57. The molecule has 0 spiro atoms. The van der Waals surface area contributed by atoms with E-state index >= 15 is 0 Å². The Hall–Kier alpha value is -5.68. The molecule has 0 aliphatic carbocycles. The maximum Gasteiger partial charge on any atom is 0.200 e. The van der Waals surface area contributed by atoms with Gasteiger partial charge >= 0.3 is 0 Å². The Balaban J connectivity index is 1.30. The van der Waals surface area contributed by atoms with Gasteiger partial charge in [-0.25, -0.2) is 0 Å². The molecule has 4 aromatic heterocycles. The third kappa shape index (κ3) is 3.11. The Labute approximate surface area is 232 Å². The van der Waals surface area contributed by atoms with Gasteiger partial charge in [0.25, 0.3) is 0 Å². The zero-order chi connectivity index (χ0) is 27.1. The first-order valence-corrected chi connectivity index (χ1v) is 13.5. The summed E-state index contributed by atoms with van der Waals surface area (Å²) in [7, 11) is 0. The molecule has 5 heteroatoms. The normalized spacial score (nSPS) is 12.0. The summed E-state index contributed by atoms with van der Waals surface area (Å²) < 4.78 is 14.5. The summed E-state index contributed by atoms with van der Waals surface area (Å²) in [6, 6.07) is 36.0. The number of aromatic nitrogens is 2. The molecule has 4 heterocycles. The van der Waals surface area contributed by atoms with Crippen molar-refractivity contribution < 1.29 is 8.83 Å². The van der Waals surface area contributed by atoms with E-state index in [4.69, 9.17) is 8.83 Å². The molecule has 0 aliphatic rings. The van der Waals surface area contributed by atoms with Crippen molar-refractivity contribution in [1.29, 1.82) is 0 Å². The number of hydrogen-bond donors (Lipinski definition) is 0.